The van der Waals surface area contributed by atoms with Crippen molar-refractivity contribution in [2.24, 2.45) is 0 Å². The summed E-state index contributed by atoms with van der Waals surface area (Å²) in [6.45, 7) is 5.09. The van der Waals surface area contributed by atoms with Crippen molar-refractivity contribution < 1.29 is 14.3 Å². The number of hydrogen-bond donors (Lipinski definition) is 2. The number of benzene rings is 2. The molecule has 2 aromatic rings. The van der Waals surface area contributed by atoms with E-state index in [1.54, 1.807) is 24.3 Å². The number of carbonyl (C=O) groups excluding carboxylic acids is 2. The first-order chi connectivity index (χ1) is 12.1. The number of unbranched alkanes of at least 4 members (excludes halogenated alkanes) is 1. The van der Waals surface area contributed by atoms with E-state index in [0.29, 0.717) is 18.8 Å². The number of carbonyl (C=O) groups is 2. The van der Waals surface area contributed by atoms with Crippen LogP contribution in [-0.2, 0) is 16.1 Å². The maximum Gasteiger partial charge on any atom is 0.313 e. The Kier molecular flexibility index (Phi) is 7.01. The Bertz CT molecular complexity index is 694. The molecule has 2 amide bonds. The van der Waals surface area contributed by atoms with Crippen LogP contribution < -0.4 is 15.4 Å². The second-order valence-electron chi connectivity index (χ2n) is 5.85. The van der Waals surface area contributed by atoms with Crippen molar-refractivity contribution >= 4 is 17.5 Å². The summed E-state index contributed by atoms with van der Waals surface area (Å²) in [5, 5.41) is 5.18. The predicted octanol–water partition coefficient (Wildman–Crippen LogP) is 3.43. The molecule has 0 atom stereocenters. The third-order valence-corrected chi connectivity index (χ3v) is 3.66. The molecule has 0 aliphatic carbocycles. The molecule has 0 saturated carbocycles. The lowest BCUT2D eigenvalue weighted by Crippen LogP contribution is -2.34. The maximum absolute atomic E-state index is 11.9. The Hall–Kier alpha value is -2.82. The summed E-state index contributed by atoms with van der Waals surface area (Å²) in [6.07, 6.45) is 2.07. The van der Waals surface area contributed by atoms with Crippen LogP contribution in [0.15, 0.2) is 48.5 Å². The van der Waals surface area contributed by atoms with Crippen molar-refractivity contribution in [3.8, 4) is 5.75 Å². The molecule has 0 fully saturated rings. The van der Waals surface area contributed by atoms with Crippen molar-refractivity contribution in [2.75, 3.05) is 11.9 Å². The SMILES string of the molecule is CCCCOc1ccc(NC(=O)C(=O)NCc2ccc(C)cc2)cc1. The van der Waals surface area contributed by atoms with Crippen molar-refractivity contribution in [2.45, 2.75) is 33.2 Å². The second-order valence-corrected chi connectivity index (χ2v) is 5.85. The third kappa shape index (κ3) is 6.30. The molecule has 0 heterocycles. The normalized spacial score (nSPS) is 10.2. The van der Waals surface area contributed by atoms with Gasteiger partial charge in [0.2, 0.25) is 0 Å². The van der Waals surface area contributed by atoms with Crippen molar-refractivity contribution in [1.29, 1.82) is 0 Å². The van der Waals surface area contributed by atoms with Crippen LogP contribution in [0.2, 0.25) is 0 Å². The minimum Gasteiger partial charge on any atom is -0.494 e. The molecule has 0 radical (unpaired) electrons. The van der Waals surface area contributed by atoms with Gasteiger partial charge >= 0.3 is 11.8 Å². The minimum absolute atomic E-state index is 0.316. The summed E-state index contributed by atoms with van der Waals surface area (Å²) in [4.78, 5) is 23.8. The quantitative estimate of drug-likeness (QED) is 0.599. The van der Waals surface area contributed by atoms with Crippen LogP contribution in [0, 0.1) is 6.92 Å². The highest BCUT2D eigenvalue weighted by Crippen LogP contribution is 2.16. The minimum atomic E-state index is -0.688. The third-order valence-electron chi connectivity index (χ3n) is 3.66. The highest BCUT2D eigenvalue weighted by Gasteiger charge is 2.13. The summed E-state index contributed by atoms with van der Waals surface area (Å²) in [5.41, 5.74) is 2.65. The van der Waals surface area contributed by atoms with Gasteiger partial charge in [-0.1, -0.05) is 43.2 Å². The van der Waals surface area contributed by atoms with E-state index in [4.69, 9.17) is 4.74 Å². The average molecular weight is 340 g/mol. The Labute approximate surface area is 148 Å². The molecule has 0 saturated heterocycles. The monoisotopic (exact) mass is 340 g/mol. The van der Waals surface area contributed by atoms with E-state index in [-0.39, 0.29) is 0 Å². The van der Waals surface area contributed by atoms with Gasteiger partial charge in [-0.3, -0.25) is 9.59 Å². The number of hydrogen-bond acceptors (Lipinski definition) is 3. The van der Waals surface area contributed by atoms with Crippen molar-refractivity contribution in [3.63, 3.8) is 0 Å². The van der Waals surface area contributed by atoms with Crippen LogP contribution in [0.4, 0.5) is 5.69 Å². The zero-order valence-electron chi connectivity index (χ0n) is 14.7. The summed E-state index contributed by atoms with van der Waals surface area (Å²) >= 11 is 0. The summed E-state index contributed by atoms with van der Waals surface area (Å²) in [5.74, 6) is -0.606. The van der Waals surface area contributed by atoms with Gasteiger partial charge in [-0.2, -0.15) is 0 Å². The van der Waals surface area contributed by atoms with E-state index in [9.17, 15) is 9.59 Å². The first-order valence-corrected chi connectivity index (χ1v) is 8.46. The van der Waals surface area contributed by atoms with Gasteiger partial charge in [-0.25, -0.2) is 0 Å². The molecule has 25 heavy (non-hydrogen) atoms. The molecular formula is C20H24N2O3. The predicted molar refractivity (Wildman–Crippen MR) is 98.5 cm³/mol. The number of amides is 2. The highest BCUT2D eigenvalue weighted by molar-refractivity contribution is 6.39. The van der Waals surface area contributed by atoms with Crippen LogP contribution in [0.25, 0.3) is 0 Å². The van der Waals surface area contributed by atoms with Gasteiger partial charge in [-0.05, 0) is 43.2 Å². The fourth-order valence-corrected chi connectivity index (χ4v) is 2.13. The lowest BCUT2D eigenvalue weighted by molar-refractivity contribution is -0.136. The summed E-state index contributed by atoms with van der Waals surface area (Å²) in [6, 6.07) is 14.7. The van der Waals surface area contributed by atoms with Gasteiger partial charge in [-0.15, -0.1) is 0 Å². The molecule has 0 bridgehead atoms. The topological polar surface area (TPSA) is 67.4 Å². The Balaban J connectivity index is 1.80. The van der Waals surface area contributed by atoms with Crippen LogP contribution in [0.5, 0.6) is 5.75 Å². The molecule has 2 rings (SSSR count). The Morgan fingerprint density at radius 1 is 0.960 bits per heavy atom. The standard InChI is InChI=1S/C20H24N2O3/c1-3-4-13-25-18-11-9-17(10-12-18)22-20(24)19(23)21-14-16-7-5-15(2)6-8-16/h5-12H,3-4,13-14H2,1-2H3,(H,21,23)(H,22,24). The molecule has 2 aromatic carbocycles. The van der Waals surface area contributed by atoms with Gasteiger partial charge in [0.05, 0.1) is 6.61 Å². The average Bonchev–Trinajstić information content (AvgIpc) is 2.62. The Morgan fingerprint density at radius 2 is 1.64 bits per heavy atom. The van der Waals surface area contributed by atoms with Gasteiger partial charge in [0, 0.05) is 12.2 Å². The molecule has 5 heteroatoms. The summed E-state index contributed by atoms with van der Waals surface area (Å²) in [7, 11) is 0. The summed E-state index contributed by atoms with van der Waals surface area (Å²) < 4.78 is 5.56. The van der Waals surface area contributed by atoms with Crippen molar-refractivity contribution in [1.82, 2.24) is 5.32 Å². The van der Waals surface area contributed by atoms with E-state index < -0.39 is 11.8 Å². The van der Waals surface area contributed by atoms with E-state index in [1.165, 1.54) is 0 Å². The Morgan fingerprint density at radius 3 is 2.28 bits per heavy atom. The largest absolute Gasteiger partial charge is 0.494 e. The fourth-order valence-electron chi connectivity index (χ4n) is 2.13. The van der Waals surface area contributed by atoms with E-state index in [1.807, 2.05) is 31.2 Å². The highest BCUT2D eigenvalue weighted by atomic mass is 16.5. The molecule has 0 spiro atoms. The number of aryl methyl sites for hydroxylation is 1. The van der Waals surface area contributed by atoms with Crippen LogP contribution >= 0.6 is 0 Å². The van der Waals surface area contributed by atoms with Crippen LogP contribution in [-0.4, -0.2) is 18.4 Å². The lowest BCUT2D eigenvalue weighted by atomic mass is 10.1. The van der Waals surface area contributed by atoms with Gasteiger partial charge < -0.3 is 15.4 Å². The number of rotatable bonds is 7. The molecule has 2 N–H and O–H groups in total. The maximum atomic E-state index is 11.9. The molecular weight excluding hydrogens is 316 g/mol. The molecule has 0 aliphatic heterocycles. The lowest BCUT2D eigenvalue weighted by Gasteiger charge is -2.08. The molecule has 5 nitrogen and oxygen atoms in total. The fraction of sp³-hybridized carbons (Fsp3) is 0.300. The number of anilines is 1. The second kappa shape index (κ2) is 9.47. The molecule has 0 aromatic heterocycles. The zero-order chi connectivity index (χ0) is 18.1. The molecule has 0 unspecified atom stereocenters. The number of ether oxygens (including phenoxy) is 1. The van der Waals surface area contributed by atoms with E-state index in [0.717, 1.165) is 29.7 Å². The molecule has 0 aliphatic rings. The first kappa shape index (κ1) is 18.5. The van der Waals surface area contributed by atoms with Gasteiger partial charge in [0.15, 0.2) is 0 Å². The van der Waals surface area contributed by atoms with Crippen LogP contribution in [0.3, 0.4) is 0 Å². The van der Waals surface area contributed by atoms with E-state index >= 15 is 0 Å². The smallest absolute Gasteiger partial charge is 0.313 e. The zero-order valence-corrected chi connectivity index (χ0v) is 14.7. The van der Waals surface area contributed by atoms with E-state index in [2.05, 4.69) is 17.6 Å². The van der Waals surface area contributed by atoms with Crippen LogP contribution in [0.1, 0.15) is 30.9 Å². The first-order valence-electron chi connectivity index (χ1n) is 8.46. The number of nitrogens with one attached hydrogen (secondary N) is 2. The van der Waals surface area contributed by atoms with Gasteiger partial charge in [0.1, 0.15) is 5.75 Å². The van der Waals surface area contributed by atoms with Crippen molar-refractivity contribution in [3.05, 3.63) is 59.7 Å². The van der Waals surface area contributed by atoms with Gasteiger partial charge in [0.25, 0.3) is 0 Å². The molecule has 132 valence electrons.